The van der Waals surface area contributed by atoms with Gasteiger partial charge in [-0.3, -0.25) is 9.59 Å². The molecule has 4 heteroatoms. The fourth-order valence-corrected chi connectivity index (χ4v) is 1.71. The molecule has 0 N–H and O–H groups in total. The molecular formula is C10H14N2O2. The molecule has 1 rings (SSSR count). The van der Waals surface area contributed by atoms with Gasteiger partial charge in [-0.15, -0.1) is 0 Å². The van der Waals surface area contributed by atoms with E-state index in [1.54, 1.807) is 11.8 Å². The predicted octanol–water partition coefficient (Wildman–Crippen LogP) is 0.728. The Hall–Kier alpha value is -1.37. The van der Waals surface area contributed by atoms with Crippen LogP contribution in [-0.4, -0.2) is 29.7 Å². The maximum atomic E-state index is 11.3. The largest absolute Gasteiger partial charge is 0.342 e. The number of rotatable bonds is 2. The van der Waals surface area contributed by atoms with Gasteiger partial charge in [0.15, 0.2) is 0 Å². The molecule has 4 nitrogen and oxygen atoms in total. The molecule has 0 aromatic carbocycles. The number of hydrogen-bond donors (Lipinski definition) is 0. The Kier molecular flexibility index (Phi) is 3.63. The number of amides is 1. The Labute approximate surface area is 83.5 Å². The average molecular weight is 194 g/mol. The van der Waals surface area contributed by atoms with Crippen LogP contribution >= 0.6 is 0 Å². The summed E-state index contributed by atoms with van der Waals surface area (Å²) in [5, 5.41) is 8.36. The number of nitriles is 1. The van der Waals surface area contributed by atoms with E-state index >= 15 is 0 Å². The van der Waals surface area contributed by atoms with Crippen LogP contribution in [0.5, 0.6) is 0 Å². The van der Waals surface area contributed by atoms with Crippen LogP contribution in [0, 0.1) is 17.2 Å². The first-order valence-corrected chi connectivity index (χ1v) is 4.80. The third-order valence-electron chi connectivity index (χ3n) is 2.65. The Morgan fingerprint density at radius 1 is 1.43 bits per heavy atom. The zero-order chi connectivity index (χ0) is 10.6. The molecule has 0 atom stereocenters. The molecule has 1 amide bonds. The highest BCUT2D eigenvalue weighted by Crippen LogP contribution is 2.18. The minimum Gasteiger partial charge on any atom is -0.342 e. The number of Topliss-reactive ketones (excluding diaryl/α,β-unsaturated/α-hetero) is 1. The fraction of sp³-hybridized carbons (Fsp3) is 0.700. The lowest BCUT2D eigenvalue weighted by Gasteiger charge is -2.30. The summed E-state index contributed by atoms with van der Waals surface area (Å²) in [5.41, 5.74) is 0. The maximum absolute atomic E-state index is 11.3. The Balaban J connectivity index is 2.40. The quantitative estimate of drug-likeness (QED) is 0.651. The molecule has 0 aliphatic carbocycles. The van der Waals surface area contributed by atoms with Crippen molar-refractivity contribution < 1.29 is 9.59 Å². The summed E-state index contributed by atoms with van der Waals surface area (Å²) in [6, 6.07) is 1.84. The van der Waals surface area contributed by atoms with Gasteiger partial charge in [0.05, 0.1) is 6.07 Å². The van der Waals surface area contributed by atoms with Crippen molar-refractivity contribution in [2.45, 2.75) is 26.2 Å². The molecule has 1 heterocycles. The minimum atomic E-state index is -0.116. The molecule has 0 unspecified atom stereocenters. The molecule has 0 bridgehead atoms. The van der Waals surface area contributed by atoms with Gasteiger partial charge < -0.3 is 4.90 Å². The number of likely N-dealkylation sites (tertiary alicyclic amines) is 1. The van der Waals surface area contributed by atoms with Gasteiger partial charge in [-0.1, -0.05) is 0 Å². The fourth-order valence-electron chi connectivity index (χ4n) is 1.71. The van der Waals surface area contributed by atoms with Crippen molar-refractivity contribution in [2.24, 2.45) is 5.92 Å². The van der Waals surface area contributed by atoms with Crippen LogP contribution in [0.1, 0.15) is 26.2 Å². The van der Waals surface area contributed by atoms with Crippen molar-refractivity contribution in [3.63, 3.8) is 0 Å². The third kappa shape index (κ3) is 2.56. The zero-order valence-electron chi connectivity index (χ0n) is 8.32. The first-order valence-electron chi connectivity index (χ1n) is 4.80. The minimum absolute atomic E-state index is 0.0509. The average Bonchev–Trinajstić information content (AvgIpc) is 2.18. The summed E-state index contributed by atoms with van der Waals surface area (Å²) in [5.74, 6) is 0.202. The van der Waals surface area contributed by atoms with Crippen LogP contribution in [0.15, 0.2) is 0 Å². The molecule has 1 aliphatic rings. The summed E-state index contributed by atoms with van der Waals surface area (Å²) in [6.07, 6.45) is 1.43. The molecule has 1 fully saturated rings. The second-order valence-electron chi connectivity index (χ2n) is 3.60. The first-order chi connectivity index (χ1) is 6.65. The van der Waals surface area contributed by atoms with E-state index in [-0.39, 0.29) is 24.0 Å². The number of carbonyl (C=O) groups is 2. The second-order valence-corrected chi connectivity index (χ2v) is 3.60. The molecule has 0 saturated carbocycles. The molecule has 1 aliphatic heterocycles. The van der Waals surface area contributed by atoms with E-state index in [1.165, 1.54) is 0 Å². The monoisotopic (exact) mass is 194 g/mol. The summed E-state index contributed by atoms with van der Waals surface area (Å²) < 4.78 is 0. The third-order valence-corrected chi connectivity index (χ3v) is 2.65. The van der Waals surface area contributed by atoms with E-state index in [1.807, 2.05) is 6.07 Å². The van der Waals surface area contributed by atoms with Crippen LogP contribution in [0.3, 0.4) is 0 Å². The number of hydrogen-bond acceptors (Lipinski definition) is 3. The van der Waals surface area contributed by atoms with Crippen molar-refractivity contribution >= 4 is 11.7 Å². The van der Waals surface area contributed by atoms with E-state index in [4.69, 9.17) is 5.26 Å². The van der Waals surface area contributed by atoms with E-state index in [0.717, 1.165) is 12.8 Å². The molecule has 0 aromatic rings. The Morgan fingerprint density at radius 3 is 2.43 bits per heavy atom. The van der Waals surface area contributed by atoms with Crippen molar-refractivity contribution in [1.29, 1.82) is 5.26 Å². The topological polar surface area (TPSA) is 61.2 Å². The lowest BCUT2D eigenvalue weighted by Crippen LogP contribution is -2.39. The molecule has 0 radical (unpaired) electrons. The van der Waals surface area contributed by atoms with Crippen molar-refractivity contribution in [3.05, 3.63) is 0 Å². The summed E-state index contributed by atoms with van der Waals surface area (Å²) >= 11 is 0. The number of carbonyl (C=O) groups excluding carboxylic acids is 2. The maximum Gasteiger partial charge on any atom is 0.236 e. The van der Waals surface area contributed by atoms with Crippen LogP contribution < -0.4 is 0 Å². The van der Waals surface area contributed by atoms with Crippen molar-refractivity contribution in [3.8, 4) is 6.07 Å². The molecule has 0 spiro atoms. The lowest BCUT2D eigenvalue weighted by molar-refractivity contribution is -0.133. The van der Waals surface area contributed by atoms with E-state index in [0.29, 0.717) is 13.1 Å². The Morgan fingerprint density at radius 2 is 2.00 bits per heavy atom. The first kappa shape index (κ1) is 10.7. The summed E-state index contributed by atoms with van der Waals surface area (Å²) in [7, 11) is 0. The second kappa shape index (κ2) is 4.75. The van der Waals surface area contributed by atoms with Gasteiger partial charge in [0.25, 0.3) is 0 Å². The zero-order valence-corrected chi connectivity index (χ0v) is 8.32. The van der Waals surface area contributed by atoms with Crippen LogP contribution in [0.25, 0.3) is 0 Å². The van der Waals surface area contributed by atoms with Crippen molar-refractivity contribution in [1.82, 2.24) is 4.90 Å². The smallest absolute Gasteiger partial charge is 0.236 e. The van der Waals surface area contributed by atoms with Crippen LogP contribution in [-0.2, 0) is 9.59 Å². The molecule has 1 saturated heterocycles. The van der Waals surface area contributed by atoms with Gasteiger partial charge in [-0.05, 0) is 19.8 Å². The summed E-state index contributed by atoms with van der Waals surface area (Å²) in [4.78, 5) is 24.0. The van der Waals surface area contributed by atoms with Gasteiger partial charge in [0.2, 0.25) is 5.91 Å². The van der Waals surface area contributed by atoms with Gasteiger partial charge in [-0.25, -0.2) is 0 Å². The highest BCUT2D eigenvalue weighted by molar-refractivity contribution is 5.80. The molecule has 14 heavy (non-hydrogen) atoms. The molecular weight excluding hydrogens is 180 g/mol. The molecule has 76 valence electrons. The number of piperidine rings is 1. The van der Waals surface area contributed by atoms with E-state index in [2.05, 4.69) is 0 Å². The van der Waals surface area contributed by atoms with Gasteiger partial charge in [0.1, 0.15) is 12.2 Å². The van der Waals surface area contributed by atoms with E-state index < -0.39 is 0 Å². The Bertz CT molecular complexity index is 272. The predicted molar refractivity (Wildman–Crippen MR) is 50.2 cm³/mol. The number of nitrogens with zero attached hydrogens (tertiary/aromatic N) is 2. The summed E-state index contributed by atoms with van der Waals surface area (Å²) in [6.45, 7) is 2.83. The lowest BCUT2D eigenvalue weighted by atomic mass is 9.93. The van der Waals surface area contributed by atoms with Gasteiger partial charge >= 0.3 is 0 Å². The van der Waals surface area contributed by atoms with Gasteiger partial charge in [-0.2, -0.15) is 5.26 Å². The van der Waals surface area contributed by atoms with E-state index in [9.17, 15) is 9.59 Å². The number of ketones is 1. The van der Waals surface area contributed by atoms with Crippen LogP contribution in [0.4, 0.5) is 0 Å². The highest BCUT2D eigenvalue weighted by Gasteiger charge is 2.24. The highest BCUT2D eigenvalue weighted by atomic mass is 16.2. The van der Waals surface area contributed by atoms with Crippen molar-refractivity contribution in [2.75, 3.05) is 13.1 Å². The van der Waals surface area contributed by atoms with Crippen LogP contribution in [0.2, 0.25) is 0 Å². The molecule has 0 aromatic heterocycles. The normalized spacial score (nSPS) is 17.6. The van der Waals surface area contributed by atoms with Gasteiger partial charge in [0, 0.05) is 19.0 Å². The standard InChI is InChI=1S/C10H14N2O2/c1-8(13)9-3-6-12(7-4-9)10(14)2-5-11/h9H,2-4,6-7H2,1H3. The SMILES string of the molecule is CC(=O)C1CCN(C(=O)CC#N)CC1.